The fourth-order valence-electron chi connectivity index (χ4n) is 3.66. The molecule has 0 spiro atoms. The zero-order valence-corrected chi connectivity index (χ0v) is 12.3. The van der Waals surface area contributed by atoms with Crippen molar-refractivity contribution in [3.63, 3.8) is 0 Å². The van der Waals surface area contributed by atoms with E-state index in [1.54, 1.807) is 6.20 Å². The summed E-state index contributed by atoms with van der Waals surface area (Å²) in [6.07, 6.45) is 4.45. The minimum Gasteiger partial charge on any atom is -0.325 e. The van der Waals surface area contributed by atoms with Gasteiger partial charge in [0.25, 0.3) is 0 Å². The van der Waals surface area contributed by atoms with Gasteiger partial charge in [-0.1, -0.05) is 19.4 Å². The summed E-state index contributed by atoms with van der Waals surface area (Å²) >= 11 is 0. The summed E-state index contributed by atoms with van der Waals surface area (Å²) in [5.41, 5.74) is 7.29. The summed E-state index contributed by atoms with van der Waals surface area (Å²) in [6, 6.07) is 3.70. The molecule has 3 rings (SSSR count). The van der Waals surface area contributed by atoms with Gasteiger partial charge in [-0.25, -0.2) is 0 Å². The monoisotopic (exact) mass is 287 g/mol. The van der Waals surface area contributed by atoms with E-state index in [-0.39, 0.29) is 23.7 Å². The Morgan fingerprint density at radius 3 is 2.52 bits per heavy atom. The molecule has 5 nitrogen and oxygen atoms in total. The van der Waals surface area contributed by atoms with Gasteiger partial charge in [0.1, 0.15) is 0 Å². The number of hydrogen-bond donors (Lipinski definition) is 1. The molecule has 2 heterocycles. The summed E-state index contributed by atoms with van der Waals surface area (Å²) in [7, 11) is 0. The van der Waals surface area contributed by atoms with E-state index in [4.69, 9.17) is 5.73 Å². The molecule has 2 amide bonds. The van der Waals surface area contributed by atoms with Crippen LogP contribution in [0.2, 0.25) is 0 Å². The van der Waals surface area contributed by atoms with Crippen LogP contribution in [-0.4, -0.2) is 21.7 Å². The van der Waals surface area contributed by atoms with Crippen LogP contribution < -0.4 is 5.73 Å². The lowest BCUT2D eigenvalue weighted by Crippen LogP contribution is -2.32. The van der Waals surface area contributed by atoms with Crippen LogP contribution in [0.1, 0.15) is 37.4 Å². The first-order valence-electron chi connectivity index (χ1n) is 7.63. The van der Waals surface area contributed by atoms with Crippen LogP contribution in [0.4, 0.5) is 0 Å². The maximum absolute atomic E-state index is 12.5. The number of likely N-dealkylation sites (tertiary alicyclic amines) is 1. The zero-order chi connectivity index (χ0) is 15.0. The van der Waals surface area contributed by atoms with E-state index < -0.39 is 0 Å². The number of aromatic nitrogens is 1. The van der Waals surface area contributed by atoms with E-state index in [0.29, 0.717) is 19.0 Å². The maximum Gasteiger partial charge on any atom is 0.233 e. The molecule has 2 aliphatic rings. The van der Waals surface area contributed by atoms with Crippen molar-refractivity contribution in [3.8, 4) is 0 Å². The molecule has 1 aromatic heterocycles. The highest BCUT2D eigenvalue weighted by atomic mass is 16.2. The van der Waals surface area contributed by atoms with Crippen LogP contribution >= 0.6 is 0 Å². The predicted octanol–water partition coefficient (Wildman–Crippen LogP) is 1.46. The molecule has 1 saturated heterocycles. The SMILES string of the molecule is CCC1CC2C(=O)N(Cc3cccnc3CN)C(=O)C2C1. The van der Waals surface area contributed by atoms with Crippen LogP contribution in [0.25, 0.3) is 0 Å². The van der Waals surface area contributed by atoms with Crippen molar-refractivity contribution >= 4 is 11.8 Å². The van der Waals surface area contributed by atoms with Crippen LogP contribution in [0, 0.1) is 17.8 Å². The van der Waals surface area contributed by atoms with Crippen molar-refractivity contribution in [1.82, 2.24) is 9.88 Å². The third-order valence-corrected chi connectivity index (χ3v) is 4.91. The Kier molecular flexibility index (Phi) is 3.76. The molecule has 21 heavy (non-hydrogen) atoms. The number of carbonyl (C=O) groups is 2. The van der Waals surface area contributed by atoms with Gasteiger partial charge in [-0.3, -0.25) is 19.5 Å². The first-order chi connectivity index (χ1) is 10.2. The van der Waals surface area contributed by atoms with E-state index in [9.17, 15) is 9.59 Å². The fourth-order valence-corrected chi connectivity index (χ4v) is 3.66. The summed E-state index contributed by atoms with van der Waals surface area (Å²) in [6.45, 7) is 2.75. The average molecular weight is 287 g/mol. The standard InChI is InChI=1S/C16H21N3O2/c1-2-10-6-12-13(7-10)16(21)19(15(12)20)9-11-4-3-5-18-14(11)8-17/h3-5,10,12-13H,2,6-9,17H2,1H3. The average Bonchev–Trinajstić information content (AvgIpc) is 3.03. The third kappa shape index (κ3) is 2.35. The summed E-state index contributed by atoms with van der Waals surface area (Å²) in [5, 5.41) is 0. The van der Waals surface area contributed by atoms with E-state index in [0.717, 1.165) is 30.5 Å². The molecule has 1 aliphatic carbocycles. The second-order valence-corrected chi connectivity index (χ2v) is 6.03. The minimum absolute atomic E-state index is 0.00669. The second kappa shape index (κ2) is 5.56. The molecule has 2 unspecified atom stereocenters. The molecule has 1 saturated carbocycles. The van der Waals surface area contributed by atoms with Crippen molar-refractivity contribution in [2.75, 3.05) is 0 Å². The van der Waals surface area contributed by atoms with Crippen molar-refractivity contribution in [2.45, 2.75) is 39.3 Å². The maximum atomic E-state index is 12.5. The summed E-state index contributed by atoms with van der Waals surface area (Å²) in [5.74, 6) is 0.314. The predicted molar refractivity (Wildman–Crippen MR) is 77.7 cm³/mol. The van der Waals surface area contributed by atoms with Gasteiger partial charge in [0.15, 0.2) is 0 Å². The molecule has 112 valence electrons. The van der Waals surface area contributed by atoms with E-state index in [1.807, 2.05) is 12.1 Å². The molecule has 0 aromatic carbocycles. The number of amides is 2. The number of carbonyl (C=O) groups excluding carboxylic acids is 2. The van der Waals surface area contributed by atoms with Gasteiger partial charge < -0.3 is 5.73 Å². The number of imide groups is 1. The van der Waals surface area contributed by atoms with Crippen molar-refractivity contribution < 1.29 is 9.59 Å². The lowest BCUT2D eigenvalue weighted by molar-refractivity contribution is -0.141. The summed E-state index contributed by atoms with van der Waals surface area (Å²) in [4.78, 5) is 30.7. The second-order valence-electron chi connectivity index (χ2n) is 6.03. The van der Waals surface area contributed by atoms with Crippen LogP contribution in [-0.2, 0) is 22.7 Å². The first-order valence-corrected chi connectivity index (χ1v) is 7.63. The quantitative estimate of drug-likeness (QED) is 0.851. The normalized spacial score (nSPS) is 28.3. The number of fused-ring (bicyclic) bond motifs is 1. The molecule has 0 bridgehead atoms. The lowest BCUT2D eigenvalue weighted by atomic mass is 10.00. The zero-order valence-electron chi connectivity index (χ0n) is 12.3. The van der Waals surface area contributed by atoms with Gasteiger partial charge in [0.2, 0.25) is 11.8 Å². The smallest absolute Gasteiger partial charge is 0.233 e. The molecular weight excluding hydrogens is 266 g/mol. The highest BCUT2D eigenvalue weighted by molar-refractivity contribution is 6.05. The van der Waals surface area contributed by atoms with E-state index in [1.165, 1.54) is 4.90 Å². The number of hydrogen-bond acceptors (Lipinski definition) is 4. The Bertz CT molecular complexity index is 548. The van der Waals surface area contributed by atoms with Crippen LogP contribution in [0.15, 0.2) is 18.3 Å². The van der Waals surface area contributed by atoms with Gasteiger partial charge in [-0.05, 0) is 30.4 Å². The molecular formula is C16H21N3O2. The van der Waals surface area contributed by atoms with Crippen molar-refractivity contribution in [2.24, 2.45) is 23.5 Å². The van der Waals surface area contributed by atoms with Crippen LogP contribution in [0.5, 0.6) is 0 Å². The van der Waals surface area contributed by atoms with Gasteiger partial charge in [-0.2, -0.15) is 0 Å². The van der Waals surface area contributed by atoms with E-state index >= 15 is 0 Å². The van der Waals surface area contributed by atoms with Gasteiger partial charge in [0, 0.05) is 12.7 Å². The largest absolute Gasteiger partial charge is 0.325 e. The lowest BCUT2D eigenvalue weighted by Gasteiger charge is -2.18. The molecule has 2 fully saturated rings. The van der Waals surface area contributed by atoms with Gasteiger partial charge >= 0.3 is 0 Å². The first kappa shape index (κ1) is 14.2. The Balaban J connectivity index is 1.79. The molecule has 2 N–H and O–H groups in total. The topological polar surface area (TPSA) is 76.3 Å². The highest BCUT2D eigenvalue weighted by Gasteiger charge is 2.52. The number of pyridine rings is 1. The molecule has 5 heteroatoms. The highest BCUT2D eigenvalue weighted by Crippen LogP contribution is 2.44. The number of rotatable bonds is 4. The molecule has 1 aliphatic heterocycles. The Morgan fingerprint density at radius 2 is 1.95 bits per heavy atom. The van der Waals surface area contributed by atoms with Crippen molar-refractivity contribution in [3.05, 3.63) is 29.6 Å². The van der Waals surface area contributed by atoms with E-state index in [2.05, 4.69) is 11.9 Å². The van der Waals surface area contributed by atoms with Crippen LogP contribution in [0.3, 0.4) is 0 Å². The Labute approximate surface area is 124 Å². The Morgan fingerprint density at radius 1 is 1.29 bits per heavy atom. The molecule has 2 atom stereocenters. The number of nitrogens with two attached hydrogens (primary N) is 1. The van der Waals surface area contributed by atoms with Gasteiger partial charge in [0.05, 0.1) is 24.1 Å². The number of nitrogens with zero attached hydrogens (tertiary/aromatic N) is 2. The van der Waals surface area contributed by atoms with Gasteiger partial charge in [-0.15, -0.1) is 0 Å². The van der Waals surface area contributed by atoms with Crippen molar-refractivity contribution in [1.29, 1.82) is 0 Å². The fraction of sp³-hybridized carbons (Fsp3) is 0.562. The summed E-state index contributed by atoms with van der Waals surface area (Å²) < 4.78 is 0. The minimum atomic E-state index is -0.0968. The third-order valence-electron chi connectivity index (χ3n) is 4.91. The Hall–Kier alpha value is -1.75. The molecule has 0 radical (unpaired) electrons. The molecule has 1 aromatic rings.